The summed E-state index contributed by atoms with van der Waals surface area (Å²) >= 11 is 0. The molecule has 0 amide bonds. The fourth-order valence-electron chi connectivity index (χ4n) is 2.97. The Balaban J connectivity index is 1.86. The second-order valence-corrected chi connectivity index (χ2v) is 5.24. The van der Waals surface area contributed by atoms with E-state index in [1.165, 1.54) is 44.1 Å². The van der Waals surface area contributed by atoms with E-state index in [1.807, 2.05) is 12.1 Å². The lowest BCUT2D eigenvalue weighted by atomic mass is 9.77. The molecule has 0 aromatic heterocycles. The van der Waals surface area contributed by atoms with Crippen LogP contribution < -0.4 is 5.73 Å². The predicted molar refractivity (Wildman–Crippen MR) is 71.1 cm³/mol. The molecule has 1 aromatic rings. The molecule has 0 saturated heterocycles. The van der Waals surface area contributed by atoms with E-state index in [2.05, 4.69) is 6.07 Å². The summed E-state index contributed by atoms with van der Waals surface area (Å²) in [6, 6.07) is 7.76. The van der Waals surface area contributed by atoms with Crippen molar-refractivity contribution in [2.24, 2.45) is 11.7 Å². The molecule has 2 heteroatoms. The molecule has 0 spiro atoms. The van der Waals surface area contributed by atoms with Gasteiger partial charge in [0.1, 0.15) is 5.75 Å². The molecule has 1 aliphatic rings. The van der Waals surface area contributed by atoms with Crippen LogP contribution in [0, 0.1) is 5.92 Å². The fraction of sp³-hybridized carbons (Fsp3) is 0.600. The Bertz CT molecular complexity index is 343. The maximum atomic E-state index is 9.50. The first-order chi connectivity index (χ1) is 8.29. The van der Waals surface area contributed by atoms with E-state index in [-0.39, 0.29) is 0 Å². The van der Waals surface area contributed by atoms with Crippen molar-refractivity contribution in [3.63, 3.8) is 0 Å². The van der Waals surface area contributed by atoms with Gasteiger partial charge in [-0.3, -0.25) is 0 Å². The average Bonchev–Trinajstić information content (AvgIpc) is 2.37. The molecule has 0 atom stereocenters. The van der Waals surface area contributed by atoms with Crippen LogP contribution in [-0.2, 0) is 0 Å². The van der Waals surface area contributed by atoms with Crippen LogP contribution in [0.4, 0.5) is 0 Å². The van der Waals surface area contributed by atoms with Crippen LogP contribution in [0.3, 0.4) is 0 Å². The summed E-state index contributed by atoms with van der Waals surface area (Å²) in [5.41, 5.74) is 6.86. The van der Waals surface area contributed by atoms with Crippen molar-refractivity contribution in [3.8, 4) is 5.75 Å². The van der Waals surface area contributed by atoms with Gasteiger partial charge in [0.25, 0.3) is 0 Å². The van der Waals surface area contributed by atoms with Gasteiger partial charge in [-0.05, 0) is 74.6 Å². The third kappa shape index (κ3) is 3.47. The van der Waals surface area contributed by atoms with Crippen LogP contribution in [0.25, 0.3) is 0 Å². The Hall–Kier alpha value is -1.02. The molecule has 0 aliphatic heterocycles. The smallest absolute Gasteiger partial charge is 0.115 e. The Morgan fingerprint density at radius 1 is 1.18 bits per heavy atom. The number of benzene rings is 1. The molecule has 3 N–H and O–H groups in total. The second kappa shape index (κ2) is 6.06. The first-order valence-electron chi connectivity index (χ1n) is 6.78. The van der Waals surface area contributed by atoms with Gasteiger partial charge in [0, 0.05) is 0 Å². The normalized spacial score (nSPS) is 24.8. The van der Waals surface area contributed by atoms with Gasteiger partial charge in [-0.25, -0.2) is 0 Å². The lowest BCUT2D eigenvalue weighted by Gasteiger charge is -2.28. The molecule has 1 aliphatic carbocycles. The van der Waals surface area contributed by atoms with Gasteiger partial charge < -0.3 is 10.8 Å². The van der Waals surface area contributed by atoms with Gasteiger partial charge in [-0.1, -0.05) is 12.1 Å². The minimum atomic E-state index is 0.396. The molecular formula is C15H23NO. The number of aromatic hydroxyl groups is 1. The van der Waals surface area contributed by atoms with Crippen LogP contribution in [0.15, 0.2) is 24.3 Å². The van der Waals surface area contributed by atoms with Gasteiger partial charge >= 0.3 is 0 Å². The molecule has 1 aromatic carbocycles. The van der Waals surface area contributed by atoms with Crippen molar-refractivity contribution in [2.45, 2.75) is 44.4 Å². The fourth-order valence-corrected chi connectivity index (χ4v) is 2.97. The van der Waals surface area contributed by atoms with Gasteiger partial charge in [-0.2, -0.15) is 0 Å². The van der Waals surface area contributed by atoms with Gasteiger partial charge in [0.05, 0.1) is 0 Å². The van der Waals surface area contributed by atoms with Crippen molar-refractivity contribution in [1.82, 2.24) is 0 Å². The molecule has 0 bridgehead atoms. The van der Waals surface area contributed by atoms with Crippen LogP contribution in [0.1, 0.15) is 50.0 Å². The summed E-state index contributed by atoms with van der Waals surface area (Å²) in [6.45, 7) is 0.826. The maximum Gasteiger partial charge on any atom is 0.115 e. The lowest BCUT2D eigenvalue weighted by Crippen LogP contribution is -2.14. The van der Waals surface area contributed by atoms with E-state index in [1.54, 1.807) is 6.07 Å². The number of rotatable bonds is 4. The quantitative estimate of drug-likeness (QED) is 0.837. The summed E-state index contributed by atoms with van der Waals surface area (Å²) in [5.74, 6) is 1.93. The summed E-state index contributed by atoms with van der Waals surface area (Å²) < 4.78 is 0. The second-order valence-electron chi connectivity index (χ2n) is 5.24. The molecule has 2 nitrogen and oxygen atoms in total. The zero-order valence-electron chi connectivity index (χ0n) is 10.4. The van der Waals surface area contributed by atoms with E-state index in [4.69, 9.17) is 5.73 Å². The Labute approximate surface area is 104 Å². The first-order valence-corrected chi connectivity index (χ1v) is 6.78. The van der Waals surface area contributed by atoms with Gasteiger partial charge in [0.15, 0.2) is 0 Å². The highest BCUT2D eigenvalue weighted by Gasteiger charge is 2.21. The largest absolute Gasteiger partial charge is 0.508 e. The average molecular weight is 233 g/mol. The van der Waals surface area contributed by atoms with E-state index in [0.29, 0.717) is 11.7 Å². The molecule has 1 saturated carbocycles. The van der Waals surface area contributed by atoms with Crippen molar-refractivity contribution in [1.29, 1.82) is 0 Å². The standard InChI is InChI=1S/C15H23NO/c16-10-2-3-12-6-8-13(9-7-12)14-4-1-5-15(17)11-14/h1,4-5,11-13,17H,2-3,6-10,16H2. The van der Waals surface area contributed by atoms with Crippen molar-refractivity contribution in [3.05, 3.63) is 29.8 Å². The maximum absolute atomic E-state index is 9.50. The topological polar surface area (TPSA) is 46.2 Å². The molecule has 17 heavy (non-hydrogen) atoms. The first kappa shape index (κ1) is 12.4. The number of phenols is 1. The van der Waals surface area contributed by atoms with Crippen molar-refractivity contribution < 1.29 is 5.11 Å². The van der Waals surface area contributed by atoms with Crippen LogP contribution in [-0.4, -0.2) is 11.7 Å². The summed E-state index contributed by atoms with van der Waals surface area (Å²) in [4.78, 5) is 0. The van der Waals surface area contributed by atoms with Crippen molar-refractivity contribution >= 4 is 0 Å². The van der Waals surface area contributed by atoms with Crippen LogP contribution in [0.5, 0.6) is 5.75 Å². The molecule has 0 unspecified atom stereocenters. The molecular weight excluding hydrogens is 210 g/mol. The summed E-state index contributed by atoms with van der Waals surface area (Å²) in [6.07, 6.45) is 7.63. The van der Waals surface area contributed by atoms with Crippen LogP contribution >= 0.6 is 0 Å². The highest BCUT2D eigenvalue weighted by molar-refractivity contribution is 5.29. The zero-order chi connectivity index (χ0) is 12.1. The summed E-state index contributed by atoms with van der Waals surface area (Å²) in [7, 11) is 0. The van der Waals surface area contributed by atoms with E-state index >= 15 is 0 Å². The molecule has 94 valence electrons. The van der Waals surface area contributed by atoms with E-state index in [0.717, 1.165) is 12.5 Å². The number of hydrogen-bond donors (Lipinski definition) is 2. The Morgan fingerprint density at radius 3 is 2.59 bits per heavy atom. The number of phenolic OH excluding ortho intramolecular Hbond substituents is 1. The molecule has 2 rings (SSSR count). The Morgan fingerprint density at radius 2 is 1.94 bits per heavy atom. The predicted octanol–water partition coefficient (Wildman–Crippen LogP) is 3.40. The third-order valence-electron chi connectivity index (χ3n) is 4.00. The minimum absolute atomic E-state index is 0.396. The van der Waals surface area contributed by atoms with Gasteiger partial charge in [0.2, 0.25) is 0 Å². The molecule has 1 fully saturated rings. The monoisotopic (exact) mass is 233 g/mol. The zero-order valence-corrected chi connectivity index (χ0v) is 10.4. The number of nitrogens with two attached hydrogens (primary N) is 1. The summed E-state index contributed by atoms with van der Waals surface area (Å²) in [5, 5.41) is 9.50. The third-order valence-corrected chi connectivity index (χ3v) is 4.00. The number of hydrogen-bond acceptors (Lipinski definition) is 2. The SMILES string of the molecule is NCCCC1CCC(c2cccc(O)c2)CC1. The van der Waals surface area contributed by atoms with E-state index < -0.39 is 0 Å². The van der Waals surface area contributed by atoms with Crippen molar-refractivity contribution in [2.75, 3.05) is 6.54 Å². The van der Waals surface area contributed by atoms with E-state index in [9.17, 15) is 5.11 Å². The lowest BCUT2D eigenvalue weighted by molar-refractivity contribution is 0.306. The highest BCUT2D eigenvalue weighted by Crippen LogP contribution is 2.38. The molecule has 0 radical (unpaired) electrons. The Kier molecular flexibility index (Phi) is 4.43. The highest BCUT2D eigenvalue weighted by atomic mass is 16.3. The minimum Gasteiger partial charge on any atom is -0.508 e. The molecule has 0 heterocycles. The van der Waals surface area contributed by atoms with Crippen LogP contribution in [0.2, 0.25) is 0 Å². The van der Waals surface area contributed by atoms with Gasteiger partial charge in [-0.15, -0.1) is 0 Å².